The monoisotopic (exact) mass is 168 g/mol. The van der Waals surface area contributed by atoms with E-state index in [4.69, 9.17) is 5.11 Å². The Morgan fingerprint density at radius 1 is 1.58 bits per heavy atom. The Hall–Kier alpha value is -0.890. The minimum Gasteiger partial charge on any atom is -0.386 e. The molecule has 0 rings (SSSR count). The van der Waals surface area contributed by atoms with Crippen LogP contribution in [0, 0.1) is 0 Å². The van der Waals surface area contributed by atoms with Crippen molar-refractivity contribution >= 4 is 5.78 Å². The number of carbonyl (C=O) groups excluding carboxylic acids is 1. The number of hydrogen-bond acceptors (Lipinski definition) is 2. The highest BCUT2D eigenvalue weighted by molar-refractivity contribution is 5.83. The van der Waals surface area contributed by atoms with Crippen LogP contribution in [0.5, 0.6) is 0 Å². The molecule has 0 radical (unpaired) electrons. The molecule has 12 heavy (non-hydrogen) atoms. The van der Waals surface area contributed by atoms with Gasteiger partial charge in [0.25, 0.3) is 0 Å². The molecule has 0 fully saturated rings. The third kappa shape index (κ3) is 4.85. The molecule has 2 heteroatoms. The van der Waals surface area contributed by atoms with E-state index in [2.05, 4.69) is 6.58 Å². The van der Waals surface area contributed by atoms with Gasteiger partial charge in [-0.25, -0.2) is 0 Å². The van der Waals surface area contributed by atoms with E-state index >= 15 is 0 Å². The van der Waals surface area contributed by atoms with Crippen LogP contribution in [-0.2, 0) is 4.79 Å². The fourth-order valence-corrected chi connectivity index (χ4v) is 0.756. The molecule has 0 heterocycles. The predicted octanol–water partition coefficient (Wildman–Crippen LogP) is 1.85. The van der Waals surface area contributed by atoms with Gasteiger partial charge in [-0.15, -0.1) is 6.58 Å². The van der Waals surface area contributed by atoms with Gasteiger partial charge in [-0.3, -0.25) is 4.79 Å². The van der Waals surface area contributed by atoms with Gasteiger partial charge in [0, 0.05) is 6.42 Å². The third-order valence-electron chi connectivity index (χ3n) is 1.58. The summed E-state index contributed by atoms with van der Waals surface area (Å²) < 4.78 is 0. The SMILES string of the molecule is C=CCC(C)=CCC(=O)C(C)O. The second-order valence-electron chi connectivity index (χ2n) is 2.89. The lowest BCUT2D eigenvalue weighted by Gasteiger charge is -2.00. The summed E-state index contributed by atoms with van der Waals surface area (Å²) in [4.78, 5) is 10.9. The number of ketones is 1. The topological polar surface area (TPSA) is 37.3 Å². The van der Waals surface area contributed by atoms with Crippen LogP contribution in [0.15, 0.2) is 24.3 Å². The van der Waals surface area contributed by atoms with E-state index in [1.54, 1.807) is 6.08 Å². The van der Waals surface area contributed by atoms with Crippen LogP contribution in [0.4, 0.5) is 0 Å². The van der Waals surface area contributed by atoms with Crippen molar-refractivity contribution in [1.82, 2.24) is 0 Å². The Morgan fingerprint density at radius 3 is 2.58 bits per heavy atom. The van der Waals surface area contributed by atoms with E-state index in [-0.39, 0.29) is 5.78 Å². The maximum absolute atomic E-state index is 10.9. The Bertz CT molecular complexity index is 190. The zero-order valence-electron chi connectivity index (χ0n) is 7.71. The van der Waals surface area contributed by atoms with E-state index in [0.717, 1.165) is 12.0 Å². The summed E-state index contributed by atoms with van der Waals surface area (Å²) in [7, 11) is 0. The molecule has 0 aromatic carbocycles. The molecule has 0 aliphatic rings. The van der Waals surface area contributed by atoms with Crippen LogP contribution in [0.3, 0.4) is 0 Å². The highest BCUT2D eigenvalue weighted by atomic mass is 16.3. The van der Waals surface area contributed by atoms with Gasteiger partial charge in [0.05, 0.1) is 0 Å². The Morgan fingerprint density at radius 2 is 2.17 bits per heavy atom. The molecule has 2 nitrogen and oxygen atoms in total. The Kier molecular flexibility index (Phi) is 5.30. The van der Waals surface area contributed by atoms with Gasteiger partial charge in [-0.05, 0) is 20.3 Å². The molecule has 0 saturated heterocycles. The second kappa shape index (κ2) is 5.72. The summed E-state index contributed by atoms with van der Waals surface area (Å²) in [5.41, 5.74) is 1.11. The van der Waals surface area contributed by atoms with Gasteiger partial charge < -0.3 is 5.11 Å². The molecule has 0 aliphatic heterocycles. The first kappa shape index (κ1) is 11.1. The van der Waals surface area contributed by atoms with E-state index in [1.807, 2.05) is 13.0 Å². The van der Waals surface area contributed by atoms with E-state index < -0.39 is 6.10 Å². The average Bonchev–Trinajstić information content (AvgIpc) is 2.00. The van der Waals surface area contributed by atoms with Crippen LogP contribution in [0.2, 0.25) is 0 Å². The predicted molar refractivity (Wildman–Crippen MR) is 49.9 cm³/mol. The van der Waals surface area contributed by atoms with Crippen molar-refractivity contribution in [2.24, 2.45) is 0 Å². The minimum absolute atomic E-state index is 0.140. The lowest BCUT2D eigenvalue weighted by atomic mass is 10.1. The molecule has 0 aliphatic carbocycles. The van der Waals surface area contributed by atoms with Crippen LogP contribution in [0.1, 0.15) is 26.7 Å². The highest BCUT2D eigenvalue weighted by Crippen LogP contribution is 2.03. The molecule has 0 amide bonds. The first-order valence-electron chi connectivity index (χ1n) is 4.05. The summed E-state index contributed by atoms with van der Waals surface area (Å²) in [6.07, 6.45) is 3.89. The number of aliphatic hydroxyl groups excluding tert-OH is 1. The minimum atomic E-state index is -0.849. The molecular weight excluding hydrogens is 152 g/mol. The van der Waals surface area contributed by atoms with Crippen molar-refractivity contribution < 1.29 is 9.90 Å². The van der Waals surface area contributed by atoms with Crippen LogP contribution >= 0.6 is 0 Å². The molecule has 0 aromatic rings. The smallest absolute Gasteiger partial charge is 0.164 e. The van der Waals surface area contributed by atoms with Crippen LogP contribution in [0.25, 0.3) is 0 Å². The second-order valence-corrected chi connectivity index (χ2v) is 2.89. The van der Waals surface area contributed by atoms with Crippen molar-refractivity contribution in [3.05, 3.63) is 24.3 Å². The lowest BCUT2D eigenvalue weighted by molar-refractivity contribution is -0.125. The van der Waals surface area contributed by atoms with Gasteiger partial charge in [-0.1, -0.05) is 17.7 Å². The first-order valence-corrected chi connectivity index (χ1v) is 4.05. The molecule has 0 aromatic heterocycles. The molecule has 68 valence electrons. The van der Waals surface area contributed by atoms with Crippen molar-refractivity contribution in [1.29, 1.82) is 0 Å². The summed E-state index contributed by atoms with van der Waals surface area (Å²) in [5.74, 6) is -0.140. The normalized spacial score (nSPS) is 14.1. The highest BCUT2D eigenvalue weighted by Gasteiger charge is 2.05. The number of rotatable bonds is 5. The van der Waals surface area contributed by atoms with Gasteiger partial charge in [0.15, 0.2) is 5.78 Å². The zero-order chi connectivity index (χ0) is 9.56. The van der Waals surface area contributed by atoms with Crippen LogP contribution < -0.4 is 0 Å². The van der Waals surface area contributed by atoms with E-state index in [1.165, 1.54) is 6.92 Å². The van der Waals surface area contributed by atoms with Gasteiger partial charge in [-0.2, -0.15) is 0 Å². The fraction of sp³-hybridized carbons (Fsp3) is 0.500. The van der Waals surface area contributed by atoms with Gasteiger partial charge >= 0.3 is 0 Å². The summed E-state index contributed by atoms with van der Waals surface area (Å²) in [6, 6.07) is 0. The molecule has 0 bridgehead atoms. The van der Waals surface area contributed by atoms with Crippen molar-refractivity contribution in [3.8, 4) is 0 Å². The maximum Gasteiger partial charge on any atom is 0.164 e. The molecule has 1 atom stereocenters. The zero-order valence-corrected chi connectivity index (χ0v) is 7.71. The largest absolute Gasteiger partial charge is 0.386 e. The lowest BCUT2D eigenvalue weighted by Crippen LogP contribution is -2.14. The van der Waals surface area contributed by atoms with E-state index in [9.17, 15) is 4.79 Å². The fourth-order valence-electron chi connectivity index (χ4n) is 0.756. The quantitative estimate of drug-likeness (QED) is 0.636. The average molecular weight is 168 g/mol. The van der Waals surface area contributed by atoms with Crippen LogP contribution in [-0.4, -0.2) is 17.0 Å². The van der Waals surface area contributed by atoms with E-state index in [0.29, 0.717) is 6.42 Å². The molecule has 1 N–H and O–H groups in total. The Labute approximate surface area is 73.6 Å². The standard InChI is InChI=1S/C10H16O2/c1-4-5-8(2)6-7-10(12)9(3)11/h4,6,9,11H,1,5,7H2,2-3H3. The number of allylic oxidation sites excluding steroid dienone is 3. The number of aliphatic hydroxyl groups is 1. The molecule has 1 unspecified atom stereocenters. The molecule has 0 spiro atoms. The molecular formula is C10H16O2. The summed E-state index contributed by atoms with van der Waals surface area (Å²) in [6.45, 7) is 7.01. The first-order chi connectivity index (χ1) is 5.57. The summed E-state index contributed by atoms with van der Waals surface area (Å²) in [5, 5.41) is 8.86. The van der Waals surface area contributed by atoms with Gasteiger partial charge in [0.1, 0.15) is 6.10 Å². The van der Waals surface area contributed by atoms with Crippen molar-refractivity contribution in [2.75, 3.05) is 0 Å². The van der Waals surface area contributed by atoms with Crippen molar-refractivity contribution in [2.45, 2.75) is 32.8 Å². The van der Waals surface area contributed by atoms with Gasteiger partial charge in [0.2, 0.25) is 0 Å². The number of hydrogen-bond donors (Lipinski definition) is 1. The third-order valence-corrected chi connectivity index (χ3v) is 1.58. The molecule has 0 saturated carbocycles. The number of Topliss-reactive ketones (excluding diaryl/α,β-unsaturated/α-hetero) is 1. The Balaban J connectivity index is 3.86. The summed E-state index contributed by atoms with van der Waals surface area (Å²) >= 11 is 0. The number of carbonyl (C=O) groups is 1. The maximum atomic E-state index is 10.9. The van der Waals surface area contributed by atoms with Crippen molar-refractivity contribution in [3.63, 3.8) is 0 Å².